The molecule has 1 aromatic rings. The molecule has 1 amide bonds. The van der Waals surface area contributed by atoms with Crippen molar-refractivity contribution in [2.24, 2.45) is 0 Å². The summed E-state index contributed by atoms with van der Waals surface area (Å²) in [5, 5.41) is 6.05. The highest BCUT2D eigenvalue weighted by Gasteiger charge is 2.09. The summed E-state index contributed by atoms with van der Waals surface area (Å²) < 4.78 is 1.06. The van der Waals surface area contributed by atoms with E-state index in [1.54, 1.807) is 0 Å². The standard InChI is InChI=1S/C13H19BrN2O/c1-3-8-15-13(17)9-16-10(2)11-6-4-5-7-12(11)14/h4-7,10,16H,3,8-9H2,1-2H3,(H,15,17)/t10-/m1/s1. The van der Waals surface area contributed by atoms with Crippen LogP contribution in [-0.2, 0) is 4.79 Å². The average molecular weight is 299 g/mol. The fourth-order valence-electron chi connectivity index (χ4n) is 1.51. The Morgan fingerprint density at radius 2 is 2.12 bits per heavy atom. The van der Waals surface area contributed by atoms with Crippen LogP contribution in [0.2, 0.25) is 0 Å². The van der Waals surface area contributed by atoms with E-state index in [-0.39, 0.29) is 11.9 Å². The predicted molar refractivity (Wildman–Crippen MR) is 73.9 cm³/mol. The number of rotatable bonds is 6. The third-order valence-electron chi connectivity index (χ3n) is 2.51. The Bertz CT molecular complexity index is 368. The fraction of sp³-hybridized carbons (Fsp3) is 0.462. The minimum Gasteiger partial charge on any atom is -0.355 e. The molecule has 0 radical (unpaired) electrons. The van der Waals surface area contributed by atoms with Crippen LogP contribution in [0, 0.1) is 0 Å². The van der Waals surface area contributed by atoms with Crippen molar-refractivity contribution < 1.29 is 4.79 Å². The highest BCUT2D eigenvalue weighted by Crippen LogP contribution is 2.22. The molecule has 4 heteroatoms. The summed E-state index contributed by atoms with van der Waals surface area (Å²) in [5.74, 6) is 0.0470. The first-order valence-electron chi connectivity index (χ1n) is 5.89. The maximum Gasteiger partial charge on any atom is 0.233 e. The maximum absolute atomic E-state index is 11.4. The number of nitrogens with one attached hydrogen (secondary N) is 2. The first kappa shape index (κ1) is 14.2. The monoisotopic (exact) mass is 298 g/mol. The van der Waals surface area contributed by atoms with E-state index in [2.05, 4.69) is 26.6 Å². The molecule has 94 valence electrons. The number of amides is 1. The van der Waals surface area contributed by atoms with Gasteiger partial charge in [-0.3, -0.25) is 4.79 Å². The number of halogens is 1. The third kappa shape index (κ3) is 4.88. The second-order valence-electron chi connectivity index (χ2n) is 3.97. The highest BCUT2D eigenvalue weighted by molar-refractivity contribution is 9.10. The van der Waals surface area contributed by atoms with Crippen LogP contribution in [0.3, 0.4) is 0 Å². The Morgan fingerprint density at radius 3 is 2.76 bits per heavy atom. The zero-order valence-corrected chi connectivity index (χ0v) is 11.9. The smallest absolute Gasteiger partial charge is 0.233 e. The van der Waals surface area contributed by atoms with Crippen molar-refractivity contribution in [3.05, 3.63) is 34.3 Å². The van der Waals surface area contributed by atoms with E-state index in [9.17, 15) is 4.79 Å². The molecule has 1 atom stereocenters. The molecule has 0 saturated heterocycles. The van der Waals surface area contributed by atoms with E-state index in [0.29, 0.717) is 6.54 Å². The summed E-state index contributed by atoms with van der Waals surface area (Å²) in [7, 11) is 0. The van der Waals surface area contributed by atoms with Gasteiger partial charge in [-0.15, -0.1) is 0 Å². The lowest BCUT2D eigenvalue weighted by atomic mass is 10.1. The summed E-state index contributed by atoms with van der Waals surface area (Å²) >= 11 is 3.51. The zero-order chi connectivity index (χ0) is 12.7. The number of hydrogen-bond donors (Lipinski definition) is 2. The van der Waals surface area contributed by atoms with Gasteiger partial charge in [0.1, 0.15) is 0 Å². The van der Waals surface area contributed by atoms with Gasteiger partial charge in [-0.2, -0.15) is 0 Å². The third-order valence-corrected chi connectivity index (χ3v) is 3.23. The summed E-state index contributed by atoms with van der Waals surface area (Å²) in [6.07, 6.45) is 0.964. The highest BCUT2D eigenvalue weighted by atomic mass is 79.9. The van der Waals surface area contributed by atoms with Crippen molar-refractivity contribution in [2.75, 3.05) is 13.1 Å². The summed E-state index contributed by atoms with van der Waals surface area (Å²) in [4.78, 5) is 11.4. The quantitative estimate of drug-likeness (QED) is 0.848. The molecular formula is C13H19BrN2O. The minimum absolute atomic E-state index is 0.0470. The first-order chi connectivity index (χ1) is 8.15. The Kier molecular flexibility index (Phi) is 6.22. The minimum atomic E-state index is 0.0470. The van der Waals surface area contributed by atoms with Crippen molar-refractivity contribution in [1.29, 1.82) is 0 Å². The van der Waals surface area contributed by atoms with Crippen LogP contribution >= 0.6 is 15.9 Å². The van der Waals surface area contributed by atoms with Crippen LogP contribution in [0.5, 0.6) is 0 Å². The molecule has 17 heavy (non-hydrogen) atoms. The summed E-state index contributed by atoms with van der Waals surface area (Å²) in [5.41, 5.74) is 1.16. The van der Waals surface area contributed by atoms with Crippen LogP contribution in [0.25, 0.3) is 0 Å². The second-order valence-corrected chi connectivity index (χ2v) is 4.83. The van der Waals surface area contributed by atoms with Gasteiger partial charge in [0, 0.05) is 17.1 Å². The van der Waals surface area contributed by atoms with Crippen LogP contribution < -0.4 is 10.6 Å². The molecular weight excluding hydrogens is 280 g/mol. The molecule has 0 saturated carbocycles. The topological polar surface area (TPSA) is 41.1 Å². The van der Waals surface area contributed by atoms with Crippen molar-refractivity contribution in [3.8, 4) is 0 Å². The predicted octanol–water partition coefficient (Wildman–Crippen LogP) is 2.63. The van der Waals surface area contributed by atoms with Crippen molar-refractivity contribution in [3.63, 3.8) is 0 Å². The molecule has 0 aliphatic rings. The molecule has 0 fully saturated rings. The van der Waals surface area contributed by atoms with E-state index in [4.69, 9.17) is 0 Å². The van der Waals surface area contributed by atoms with Gasteiger partial charge in [-0.05, 0) is 25.0 Å². The summed E-state index contributed by atoms with van der Waals surface area (Å²) in [6, 6.07) is 8.18. The number of hydrogen-bond acceptors (Lipinski definition) is 2. The molecule has 0 spiro atoms. The lowest BCUT2D eigenvalue weighted by molar-refractivity contribution is -0.120. The molecule has 1 aromatic carbocycles. The van der Waals surface area contributed by atoms with Crippen LogP contribution in [0.15, 0.2) is 28.7 Å². The molecule has 2 N–H and O–H groups in total. The Balaban J connectivity index is 2.42. The van der Waals surface area contributed by atoms with E-state index in [1.165, 1.54) is 0 Å². The molecule has 0 aliphatic heterocycles. The van der Waals surface area contributed by atoms with Gasteiger partial charge in [0.2, 0.25) is 5.91 Å². The largest absolute Gasteiger partial charge is 0.355 e. The van der Waals surface area contributed by atoms with Crippen LogP contribution in [-0.4, -0.2) is 19.0 Å². The SMILES string of the molecule is CCCNC(=O)CN[C@H](C)c1ccccc1Br. The van der Waals surface area contributed by atoms with E-state index in [1.807, 2.05) is 38.1 Å². The van der Waals surface area contributed by atoms with Crippen LogP contribution in [0.4, 0.5) is 0 Å². The molecule has 0 aliphatic carbocycles. The Labute approximate surface area is 111 Å². The van der Waals surface area contributed by atoms with E-state index < -0.39 is 0 Å². The van der Waals surface area contributed by atoms with Gasteiger partial charge in [0.15, 0.2) is 0 Å². The maximum atomic E-state index is 11.4. The summed E-state index contributed by atoms with van der Waals surface area (Å²) in [6.45, 7) is 5.18. The lowest BCUT2D eigenvalue weighted by Crippen LogP contribution is -2.35. The van der Waals surface area contributed by atoms with Crippen LogP contribution in [0.1, 0.15) is 31.9 Å². The molecule has 0 heterocycles. The first-order valence-corrected chi connectivity index (χ1v) is 6.69. The fourth-order valence-corrected chi connectivity index (χ4v) is 2.14. The molecule has 1 rings (SSSR count). The average Bonchev–Trinajstić information content (AvgIpc) is 2.34. The van der Waals surface area contributed by atoms with Gasteiger partial charge < -0.3 is 10.6 Å². The Hall–Kier alpha value is -0.870. The molecule has 0 aromatic heterocycles. The number of carbonyl (C=O) groups is 1. The molecule has 0 bridgehead atoms. The lowest BCUT2D eigenvalue weighted by Gasteiger charge is -2.15. The zero-order valence-electron chi connectivity index (χ0n) is 10.3. The second kappa shape index (κ2) is 7.45. The molecule has 0 unspecified atom stereocenters. The normalized spacial score (nSPS) is 12.2. The van der Waals surface area contributed by atoms with Gasteiger partial charge >= 0.3 is 0 Å². The molecule has 3 nitrogen and oxygen atoms in total. The Morgan fingerprint density at radius 1 is 1.41 bits per heavy atom. The van der Waals surface area contributed by atoms with Crippen molar-refractivity contribution >= 4 is 21.8 Å². The van der Waals surface area contributed by atoms with E-state index in [0.717, 1.165) is 23.0 Å². The van der Waals surface area contributed by atoms with Gasteiger partial charge in [0.05, 0.1) is 6.54 Å². The van der Waals surface area contributed by atoms with Gasteiger partial charge in [-0.1, -0.05) is 41.1 Å². The van der Waals surface area contributed by atoms with Crippen molar-refractivity contribution in [1.82, 2.24) is 10.6 Å². The van der Waals surface area contributed by atoms with Gasteiger partial charge in [-0.25, -0.2) is 0 Å². The number of carbonyl (C=O) groups excluding carboxylic acids is 1. The van der Waals surface area contributed by atoms with E-state index >= 15 is 0 Å². The number of benzene rings is 1. The van der Waals surface area contributed by atoms with Gasteiger partial charge in [0.25, 0.3) is 0 Å². The van der Waals surface area contributed by atoms with Crippen molar-refractivity contribution in [2.45, 2.75) is 26.3 Å².